The molecule has 0 spiro atoms. The van der Waals surface area contributed by atoms with Crippen LogP contribution in [0.15, 0.2) is 30.3 Å². The highest BCUT2D eigenvalue weighted by molar-refractivity contribution is 5.77. The highest BCUT2D eigenvalue weighted by Gasteiger charge is 1.98. The van der Waals surface area contributed by atoms with Gasteiger partial charge in [0.05, 0.1) is 0 Å². The summed E-state index contributed by atoms with van der Waals surface area (Å²) in [5.74, 6) is -0.0396. The lowest BCUT2D eigenvalue weighted by Crippen LogP contribution is -2.27. The minimum atomic E-state index is -0.0396. The molecule has 0 saturated carbocycles. The number of carbonyl (C=O) groups is 1. The molecule has 0 bridgehead atoms. The monoisotopic (exact) mass is 221 g/mol. The summed E-state index contributed by atoms with van der Waals surface area (Å²) in [4.78, 5) is 11.0. The van der Waals surface area contributed by atoms with Gasteiger partial charge in [-0.1, -0.05) is 30.3 Å². The SMILES string of the molecule is COCC(=O)NCCCCc1ccccc1. The third-order valence-corrected chi connectivity index (χ3v) is 2.33. The minimum absolute atomic E-state index is 0.0396. The van der Waals surface area contributed by atoms with Crippen LogP contribution in [0.2, 0.25) is 0 Å². The molecule has 3 nitrogen and oxygen atoms in total. The number of hydrogen-bond donors (Lipinski definition) is 1. The summed E-state index contributed by atoms with van der Waals surface area (Å²) in [5.41, 5.74) is 1.35. The van der Waals surface area contributed by atoms with Crippen molar-refractivity contribution >= 4 is 5.91 Å². The van der Waals surface area contributed by atoms with Crippen molar-refractivity contribution in [3.05, 3.63) is 35.9 Å². The summed E-state index contributed by atoms with van der Waals surface area (Å²) in [5, 5.41) is 2.81. The molecule has 0 aliphatic carbocycles. The topological polar surface area (TPSA) is 38.3 Å². The first kappa shape index (κ1) is 12.7. The van der Waals surface area contributed by atoms with Crippen LogP contribution in [0.25, 0.3) is 0 Å². The maximum Gasteiger partial charge on any atom is 0.245 e. The molecule has 1 aromatic rings. The molecule has 0 aromatic heterocycles. The molecular weight excluding hydrogens is 202 g/mol. The maximum atomic E-state index is 11.0. The molecule has 0 aliphatic heterocycles. The summed E-state index contributed by atoms with van der Waals surface area (Å²) in [6, 6.07) is 10.4. The van der Waals surface area contributed by atoms with Gasteiger partial charge in [-0.15, -0.1) is 0 Å². The van der Waals surface area contributed by atoms with Crippen LogP contribution in [0.4, 0.5) is 0 Å². The molecule has 3 heteroatoms. The molecule has 0 atom stereocenters. The van der Waals surface area contributed by atoms with Crippen molar-refractivity contribution in [3.63, 3.8) is 0 Å². The summed E-state index contributed by atoms with van der Waals surface area (Å²) >= 11 is 0. The van der Waals surface area contributed by atoms with Gasteiger partial charge in [-0.05, 0) is 24.8 Å². The van der Waals surface area contributed by atoms with Gasteiger partial charge in [-0.25, -0.2) is 0 Å². The van der Waals surface area contributed by atoms with E-state index in [1.165, 1.54) is 12.7 Å². The first-order valence-electron chi connectivity index (χ1n) is 5.62. The third-order valence-electron chi connectivity index (χ3n) is 2.33. The van der Waals surface area contributed by atoms with E-state index in [1.54, 1.807) is 0 Å². The molecule has 1 rings (SSSR count). The van der Waals surface area contributed by atoms with E-state index < -0.39 is 0 Å². The van der Waals surface area contributed by atoms with Gasteiger partial charge in [0.2, 0.25) is 5.91 Å². The summed E-state index contributed by atoms with van der Waals surface area (Å²) < 4.78 is 4.72. The van der Waals surface area contributed by atoms with Crippen molar-refractivity contribution in [2.24, 2.45) is 0 Å². The van der Waals surface area contributed by atoms with E-state index in [4.69, 9.17) is 4.74 Å². The number of carbonyl (C=O) groups excluding carboxylic acids is 1. The second-order valence-electron chi connectivity index (χ2n) is 3.73. The molecular formula is C13H19NO2. The van der Waals surface area contributed by atoms with Crippen molar-refractivity contribution in [3.8, 4) is 0 Å². The molecule has 1 N–H and O–H groups in total. The number of methoxy groups -OCH3 is 1. The molecule has 1 amide bonds. The summed E-state index contributed by atoms with van der Waals surface area (Å²) in [7, 11) is 1.52. The average molecular weight is 221 g/mol. The van der Waals surface area contributed by atoms with E-state index in [-0.39, 0.29) is 12.5 Å². The normalized spacial score (nSPS) is 10.1. The van der Waals surface area contributed by atoms with E-state index in [9.17, 15) is 4.79 Å². The quantitative estimate of drug-likeness (QED) is 0.713. The van der Waals surface area contributed by atoms with Gasteiger partial charge in [-0.2, -0.15) is 0 Å². The molecule has 88 valence electrons. The number of hydrogen-bond acceptors (Lipinski definition) is 2. The standard InChI is InChI=1S/C13H19NO2/c1-16-11-13(15)14-10-6-5-9-12-7-3-2-4-8-12/h2-4,7-8H,5-6,9-11H2,1H3,(H,14,15). The van der Waals surface area contributed by atoms with E-state index in [1.807, 2.05) is 6.07 Å². The van der Waals surface area contributed by atoms with Gasteiger partial charge in [-0.3, -0.25) is 4.79 Å². The zero-order valence-corrected chi connectivity index (χ0v) is 9.74. The number of unbranched alkanes of at least 4 members (excludes halogenated alkanes) is 1. The number of aryl methyl sites for hydroxylation is 1. The van der Waals surface area contributed by atoms with Crippen LogP contribution in [0.3, 0.4) is 0 Å². The molecule has 0 fully saturated rings. The van der Waals surface area contributed by atoms with Crippen LogP contribution in [0.5, 0.6) is 0 Å². The van der Waals surface area contributed by atoms with Crippen LogP contribution in [0.1, 0.15) is 18.4 Å². The van der Waals surface area contributed by atoms with E-state index in [0.717, 1.165) is 25.8 Å². The molecule has 1 aromatic carbocycles. The van der Waals surface area contributed by atoms with Crippen molar-refractivity contribution in [2.75, 3.05) is 20.3 Å². The summed E-state index contributed by atoms with van der Waals surface area (Å²) in [6.45, 7) is 0.883. The lowest BCUT2D eigenvalue weighted by molar-refractivity contribution is -0.124. The number of benzene rings is 1. The second kappa shape index (κ2) is 7.88. The predicted octanol–water partition coefficient (Wildman–Crippen LogP) is 1.77. The molecule has 0 saturated heterocycles. The van der Waals surface area contributed by atoms with Gasteiger partial charge >= 0.3 is 0 Å². The first-order valence-corrected chi connectivity index (χ1v) is 5.62. The highest BCUT2D eigenvalue weighted by Crippen LogP contribution is 2.03. The Hall–Kier alpha value is -1.35. The Balaban J connectivity index is 2.02. The molecule has 16 heavy (non-hydrogen) atoms. The van der Waals surface area contributed by atoms with E-state index in [2.05, 4.69) is 29.6 Å². The van der Waals surface area contributed by atoms with Gasteiger partial charge in [0.1, 0.15) is 6.61 Å². The van der Waals surface area contributed by atoms with Gasteiger partial charge < -0.3 is 10.1 Å². The van der Waals surface area contributed by atoms with Crippen LogP contribution >= 0.6 is 0 Å². The van der Waals surface area contributed by atoms with Crippen LogP contribution < -0.4 is 5.32 Å². The fraction of sp³-hybridized carbons (Fsp3) is 0.462. The lowest BCUT2D eigenvalue weighted by atomic mass is 10.1. The highest BCUT2D eigenvalue weighted by atomic mass is 16.5. The van der Waals surface area contributed by atoms with Crippen LogP contribution in [-0.4, -0.2) is 26.2 Å². The molecule has 0 heterocycles. The van der Waals surface area contributed by atoms with E-state index in [0.29, 0.717) is 0 Å². The Bertz CT molecular complexity index is 298. The van der Waals surface area contributed by atoms with Gasteiger partial charge in [0, 0.05) is 13.7 Å². The summed E-state index contributed by atoms with van der Waals surface area (Å²) in [6.07, 6.45) is 3.17. The average Bonchev–Trinajstić information content (AvgIpc) is 2.30. The van der Waals surface area contributed by atoms with E-state index >= 15 is 0 Å². The smallest absolute Gasteiger partial charge is 0.245 e. The Labute approximate surface area is 96.8 Å². The zero-order chi connectivity index (χ0) is 11.6. The van der Waals surface area contributed by atoms with Crippen LogP contribution in [-0.2, 0) is 16.0 Å². The Morgan fingerprint density at radius 1 is 1.25 bits per heavy atom. The second-order valence-corrected chi connectivity index (χ2v) is 3.73. The zero-order valence-electron chi connectivity index (χ0n) is 9.74. The largest absolute Gasteiger partial charge is 0.375 e. The van der Waals surface area contributed by atoms with Crippen molar-refractivity contribution in [1.29, 1.82) is 0 Å². The molecule has 0 aliphatic rings. The maximum absolute atomic E-state index is 11.0. The molecule has 0 unspecified atom stereocenters. The van der Waals surface area contributed by atoms with Crippen molar-refractivity contribution in [2.45, 2.75) is 19.3 Å². The molecule has 0 radical (unpaired) electrons. The Kier molecular flexibility index (Phi) is 6.26. The Morgan fingerprint density at radius 2 is 2.00 bits per heavy atom. The third kappa shape index (κ3) is 5.51. The Morgan fingerprint density at radius 3 is 2.69 bits per heavy atom. The number of rotatable bonds is 7. The van der Waals surface area contributed by atoms with Gasteiger partial charge in [0.25, 0.3) is 0 Å². The minimum Gasteiger partial charge on any atom is -0.375 e. The fourth-order valence-corrected chi connectivity index (χ4v) is 1.51. The number of ether oxygens (including phenoxy) is 1. The van der Waals surface area contributed by atoms with Gasteiger partial charge in [0.15, 0.2) is 0 Å². The fourth-order valence-electron chi connectivity index (χ4n) is 1.51. The lowest BCUT2D eigenvalue weighted by Gasteiger charge is -2.04. The van der Waals surface area contributed by atoms with Crippen LogP contribution in [0, 0.1) is 0 Å². The first-order chi connectivity index (χ1) is 7.83. The number of amides is 1. The number of nitrogens with one attached hydrogen (secondary N) is 1. The van der Waals surface area contributed by atoms with Crippen molar-refractivity contribution in [1.82, 2.24) is 5.32 Å². The van der Waals surface area contributed by atoms with Crippen molar-refractivity contribution < 1.29 is 9.53 Å². The predicted molar refractivity (Wildman–Crippen MR) is 64.3 cm³/mol.